The normalized spacial score (nSPS) is 12.4. The Morgan fingerprint density at radius 3 is 0.792 bits per heavy atom. The highest BCUT2D eigenvalue weighted by molar-refractivity contribution is 5.96. The van der Waals surface area contributed by atoms with Crippen LogP contribution in [0, 0.1) is 0 Å². The minimum Gasteiger partial charge on any atom is -0.478 e. The van der Waals surface area contributed by atoms with Crippen molar-refractivity contribution < 1.29 is 77.4 Å². The van der Waals surface area contributed by atoms with Gasteiger partial charge in [0.2, 0.25) is 24.4 Å². The maximum atomic E-state index is 12.2. The first-order valence-electron chi connectivity index (χ1n) is 15.1. The van der Waals surface area contributed by atoms with Gasteiger partial charge in [-0.25, -0.2) is 38.4 Å². The number of aliphatic carboxylic acids is 3. The van der Waals surface area contributed by atoms with E-state index in [1.54, 1.807) is 48.5 Å². The topological polar surface area (TPSA) is 243 Å². The molecular formula is C37H30O16. The Hall–Kier alpha value is -7.36. The Kier molecular flexibility index (Phi) is 14.9. The molecule has 0 aliphatic rings. The first-order valence-corrected chi connectivity index (χ1v) is 15.1. The van der Waals surface area contributed by atoms with Gasteiger partial charge in [-0.2, -0.15) is 0 Å². The number of esters is 5. The zero-order chi connectivity index (χ0) is 38.9. The minimum absolute atomic E-state index is 0.0253. The Morgan fingerprint density at radius 2 is 0.585 bits per heavy atom. The van der Waals surface area contributed by atoms with Crippen LogP contribution in [-0.4, -0.2) is 94.6 Å². The molecule has 4 atom stereocenters. The summed E-state index contributed by atoms with van der Waals surface area (Å²) < 4.78 is 23.9. The highest BCUT2D eigenvalue weighted by atomic mass is 16.6. The average Bonchev–Trinajstić information content (AvgIpc) is 3.18. The predicted molar refractivity (Wildman–Crippen MR) is 178 cm³/mol. The van der Waals surface area contributed by atoms with E-state index in [2.05, 4.69) is 4.74 Å². The largest absolute Gasteiger partial charge is 0.478 e. The van der Waals surface area contributed by atoms with E-state index in [1.807, 2.05) is 0 Å². The van der Waals surface area contributed by atoms with Crippen molar-refractivity contribution in [1.29, 1.82) is 0 Å². The highest BCUT2D eigenvalue weighted by Crippen LogP contribution is 2.15. The quantitative estimate of drug-likeness (QED) is 0.124. The number of hydrogen-bond donors (Lipinski definition) is 3. The van der Waals surface area contributed by atoms with Gasteiger partial charge in [0.25, 0.3) is 0 Å². The van der Waals surface area contributed by atoms with Gasteiger partial charge < -0.3 is 39.0 Å². The molecule has 0 unspecified atom stereocenters. The summed E-state index contributed by atoms with van der Waals surface area (Å²) in [6.07, 6.45) is -8.49. The number of carboxylic acid groups (broad SMARTS) is 3. The molecule has 0 radical (unpaired) electrons. The van der Waals surface area contributed by atoms with Gasteiger partial charge in [0.05, 0.1) is 29.4 Å². The van der Waals surface area contributed by atoms with Gasteiger partial charge in [-0.05, 0) is 48.5 Å². The monoisotopic (exact) mass is 730 g/mol. The lowest BCUT2D eigenvalue weighted by molar-refractivity contribution is -0.168. The summed E-state index contributed by atoms with van der Waals surface area (Å²) in [5, 5.41) is 27.9. The van der Waals surface area contributed by atoms with Crippen LogP contribution in [0.15, 0.2) is 121 Å². The fraction of sp³-hybridized carbons (Fsp3) is 0.135. The van der Waals surface area contributed by atoms with Crippen molar-refractivity contribution in [1.82, 2.24) is 0 Å². The van der Waals surface area contributed by atoms with Crippen molar-refractivity contribution in [3.8, 4) is 0 Å². The van der Waals surface area contributed by atoms with Crippen molar-refractivity contribution in [2.75, 3.05) is 7.11 Å². The van der Waals surface area contributed by atoms with E-state index in [-0.39, 0.29) is 22.3 Å². The van der Waals surface area contributed by atoms with Gasteiger partial charge in [0.15, 0.2) is 0 Å². The molecule has 0 fully saturated rings. The van der Waals surface area contributed by atoms with E-state index in [4.69, 9.17) is 18.9 Å². The fourth-order valence-corrected chi connectivity index (χ4v) is 4.11. The van der Waals surface area contributed by atoms with Gasteiger partial charge in [-0.15, -0.1) is 0 Å². The molecule has 0 saturated heterocycles. The predicted octanol–water partition coefficient (Wildman–Crippen LogP) is 3.30. The van der Waals surface area contributed by atoms with Crippen LogP contribution >= 0.6 is 0 Å². The third-order valence-corrected chi connectivity index (χ3v) is 6.69. The van der Waals surface area contributed by atoms with Crippen molar-refractivity contribution in [2.45, 2.75) is 24.4 Å². The zero-order valence-electron chi connectivity index (χ0n) is 27.5. The molecule has 4 rings (SSSR count). The molecule has 4 aromatic rings. The summed E-state index contributed by atoms with van der Waals surface area (Å²) in [5.74, 6) is -10.4. The molecule has 0 aliphatic carbocycles. The van der Waals surface area contributed by atoms with Crippen LogP contribution in [0.25, 0.3) is 0 Å². The van der Waals surface area contributed by atoms with Crippen LogP contribution in [0.5, 0.6) is 0 Å². The van der Waals surface area contributed by atoms with Gasteiger partial charge >= 0.3 is 47.8 Å². The van der Waals surface area contributed by atoms with Crippen LogP contribution in [0.2, 0.25) is 0 Å². The molecule has 16 heteroatoms. The van der Waals surface area contributed by atoms with Crippen LogP contribution < -0.4 is 0 Å². The first-order chi connectivity index (χ1) is 25.3. The van der Waals surface area contributed by atoms with Crippen molar-refractivity contribution in [3.63, 3.8) is 0 Å². The summed E-state index contributed by atoms with van der Waals surface area (Å²) in [6, 6.07) is 30.0. The van der Waals surface area contributed by atoms with E-state index in [0.29, 0.717) is 0 Å². The third kappa shape index (κ3) is 11.9. The first kappa shape index (κ1) is 40.1. The van der Waals surface area contributed by atoms with Gasteiger partial charge in [-0.3, -0.25) is 0 Å². The molecule has 16 nitrogen and oxygen atoms in total. The van der Waals surface area contributed by atoms with Crippen molar-refractivity contribution >= 4 is 47.8 Å². The van der Waals surface area contributed by atoms with Crippen LogP contribution in [0.3, 0.4) is 0 Å². The van der Waals surface area contributed by atoms with E-state index in [0.717, 1.165) is 7.11 Å². The lowest BCUT2D eigenvalue weighted by Crippen LogP contribution is -2.46. The number of carbonyl (C=O) groups excluding carboxylic acids is 5. The molecule has 0 amide bonds. The second kappa shape index (κ2) is 19.7. The molecule has 0 aliphatic heterocycles. The summed E-state index contributed by atoms with van der Waals surface area (Å²) in [5.41, 5.74) is 0.209. The maximum Gasteiger partial charge on any atom is 0.351 e. The SMILES string of the molecule is COC(=O)[C@H](OC(=O)c1ccccc1)[C@@H](OC(=O)c1ccccc1)C(=O)O.O=C(O[C@@H](C(=O)O)[C@@H](OC(=O)c1ccccc1)C(=O)O)c1ccccc1. The smallest absolute Gasteiger partial charge is 0.351 e. The van der Waals surface area contributed by atoms with Gasteiger partial charge in [-0.1, -0.05) is 72.8 Å². The Bertz CT molecular complexity index is 1830. The highest BCUT2D eigenvalue weighted by Gasteiger charge is 2.42. The lowest BCUT2D eigenvalue weighted by atomic mass is 10.1. The number of benzene rings is 4. The van der Waals surface area contributed by atoms with E-state index in [1.165, 1.54) is 72.8 Å². The molecule has 0 saturated carbocycles. The maximum absolute atomic E-state index is 12.2. The standard InChI is InChI=1S/C19H16O8.C18H14O8/c1-25-19(24)15(27-18(23)13-10-6-3-7-11-13)14(16(20)21)26-17(22)12-8-4-2-5-9-12;19-15(20)13(25-17(23)11-7-3-1-4-8-11)14(16(21)22)26-18(24)12-9-5-2-6-10-12/h2-11,14-15H,1H3,(H,20,21);1-10,13-14H,(H,19,20)(H,21,22)/t14-,15-;13-,14-/m11/s1. The second-order valence-electron chi connectivity index (χ2n) is 10.3. The van der Waals surface area contributed by atoms with Crippen molar-refractivity contribution in [2.24, 2.45) is 0 Å². The van der Waals surface area contributed by atoms with E-state index >= 15 is 0 Å². The van der Waals surface area contributed by atoms with Crippen LogP contribution in [-0.2, 0) is 42.9 Å². The molecule has 0 heterocycles. The fourth-order valence-electron chi connectivity index (χ4n) is 4.11. The zero-order valence-corrected chi connectivity index (χ0v) is 27.5. The van der Waals surface area contributed by atoms with Gasteiger partial charge in [0.1, 0.15) is 0 Å². The number of carboxylic acids is 3. The van der Waals surface area contributed by atoms with Gasteiger partial charge in [0, 0.05) is 0 Å². The summed E-state index contributed by atoms with van der Waals surface area (Å²) in [6.45, 7) is 0. The number of methoxy groups -OCH3 is 1. The molecule has 4 aromatic carbocycles. The molecule has 0 spiro atoms. The number of rotatable bonds is 14. The minimum atomic E-state index is -2.21. The number of ether oxygens (including phenoxy) is 5. The Balaban J connectivity index is 0.000000286. The molecule has 274 valence electrons. The van der Waals surface area contributed by atoms with Crippen molar-refractivity contribution in [3.05, 3.63) is 144 Å². The molecule has 53 heavy (non-hydrogen) atoms. The lowest BCUT2D eigenvalue weighted by Gasteiger charge is -2.22. The molecule has 0 aromatic heterocycles. The Labute approximate surface area is 300 Å². The summed E-state index contributed by atoms with van der Waals surface area (Å²) >= 11 is 0. The number of carbonyl (C=O) groups is 8. The van der Waals surface area contributed by atoms with E-state index < -0.39 is 72.2 Å². The average molecular weight is 731 g/mol. The second-order valence-corrected chi connectivity index (χ2v) is 10.3. The van der Waals surface area contributed by atoms with E-state index in [9.17, 15) is 53.7 Å². The molecule has 0 bridgehead atoms. The summed E-state index contributed by atoms with van der Waals surface area (Å²) in [4.78, 5) is 94.7. The van der Waals surface area contributed by atoms with Crippen LogP contribution in [0.1, 0.15) is 41.4 Å². The molecular weight excluding hydrogens is 700 g/mol. The Morgan fingerprint density at radius 1 is 0.377 bits per heavy atom. The van der Waals surface area contributed by atoms with Crippen LogP contribution in [0.4, 0.5) is 0 Å². The third-order valence-electron chi connectivity index (χ3n) is 6.69. The number of hydrogen-bond acceptors (Lipinski definition) is 13. The summed E-state index contributed by atoms with van der Waals surface area (Å²) in [7, 11) is 0.990. The molecule has 3 N–H and O–H groups in total.